The van der Waals surface area contributed by atoms with Crippen LogP contribution in [0.25, 0.3) is 5.57 Å². The first-order valence-corrected chi connectivity index (χ1v) is 10.7. The van der Waals surface area contributed by atoms with Crippen LogP contribution >= 0.6 is 23.2 Å². The zero-order valence-corrected chi connectivity index (χ0v) is 18.1. The highest BCUT2D eigenvalue weighted by Gasteiger charge is 2.44. The Morgan fingerprint density at radius 3 is 2.57 bits per heavy atom. The van der Waals surface area contributed by atoms with E-state index in [1.807, 2.05) is 24.0 Å². The van der Waals surface area contributed by atoms with Crippen LogP contribution < -0.4 is 4.90 Å². The van der Waals surface area contributed by atoms with E-state index in [1.54, 1.807) is 30.3 Å². The van der Waals surface area contributed by atoms with Gasteiger partial charge in [0.25, 0.3) is 11.8 Å². The number of benzene rings is 2. The highest BCUT2D eigenvalue weighted by atomic mass is 35.5. The van der Waals surface area contributed by atoms with Crippen molar-refractivity contribution in [3.63, 3.8) is 0 Å². The van der Waals surface area contributed by atoms with Gasteiger partial charge in [-0.25, -0.2) is 4.90 Å². The minimum Gasteiger partial charge on any atom is -0.396 e. The second-order valence-corrected chi connectivity index (χ2v) is 8.56. The summed E-state index contributed by atoms with van der Waals surface area (Å²) in [6, 6.07) is 12.2. The first-order chi connectivity index (χ1) is 14.4. The summed E-state index contributed by atoms with van der Waals surface area (Å²) >= 11 is 12.5. The number of aliphatic hydroxyl groups excluding tert-OH is 1. The van der Waals surface area contributed by atoms with Crippen molar-refractivity contribution in [2.75, 3.05) is 24.6 Å². The number of halogens is 2. The van der Waals surface area contributed by atoms with E-state index in [9.17, 15) is 14.7 Å². The fourth-order valence-corrected chi connectivity index (χ4v) is 4.70. The summed E-state index contributed by atoms with van der Waals surface area (Å²) in [7, 11) is 0. The SMILES string of the molecule is Cc1ccccc1N1C(=O)C(c2ccc(Cl)cc2Cl)=C(N2CCCC(CO)C2)C1=O. The third-order valence-corrected chi connectivity index (χ3v) is 6.26. The maximum atomic E-state index is 13.6. The number of hydrogen-bond acceptors (Lipinski definition) is 4. The molecule has 1 atom stereocenters. The Balaban J connectivity index is 1.87. The van der Waals surface area contributed by atoms with Crippen LogP contribution in [0.5, 0.6) is 0 Å². The Hall–Kier alpha value is -2.34. The monoisotopic (exact) mass is 444 g/mol. The average molecular weight is 445 g/mol. The Morgan fingerprint density at radius 1 is 1.10 bits per heavy atom. The zero-order chi connectivity index (χ0) is 21.4. The molecular formula is C23H22Cl2N2O3. The highest BCUT2D eigenvalue weighted by Crippen LogP contribution is 2.40. The molecule has 30 heavy (non-hydrogen) atoms. The van der Waals surface area contributed by atoms with E-state index in [0.29, 0.717) is 40.1 Å². The van der Waals surface area contributed by atoms with E-state index in [2.05, 4.69) is 0 Å². The topological polar surface area (TPSA) is 60.9 Å². The Kier molecular flexibility index (Phi) is 5.87. The van der Waals surface area contributed by atoms with E-state index < -0.39 is 5.91 Å². The van der Waals surface area contributed by atoms with Gasteiger partial charge in [-0.05, 0) is 49.4 Å². The summed E-state index contributed by atoms with van der Waals surface area (Å²) in [5, 5.41) is 10.4. The number of rotatable bonds is 4. The molecule has 1 unspecified atom stereocenters. The van der Waals surface area contributed by atoms with Gasteiger partial charge < -0.3 is 10.0 Å². The molecule has 1 N–H and O–H groups in total. The molecule has 0 saturated carbocycles. The van der Waals surface area contributed by atoms with Crippen LogP contribution in [0.1, 0.15) is 24.0 Å². The summed E-state index contributed by atoms with van der Waals surface area (Å²) in [4.78, 5) is 30.3. The molecule has 7 heteroatoms. The molecule has 5 nitrogen and oxygen atoms in total. The maximum Gasteiger partial charge on any atom is 0.282 e. The van der Waals surface area contributed by atoms with Gasteiger partial charge in [0.1, 0.15) is 5.70 Å². The van der Waals surface area contributed by atoms with Crippen molar-refractivity contribution in [1.29, 1.82) is 0 Å². The molecule has 2 aliphatic rings. The van der Waals surface area contributed by atoms with E-state index in [0.717, 1.165) is 18.4 Å². The van der Waals surface area contributed by atoms with Crippen LogP contribution in [0.2, 0.25) is 10.0 Å². The van der Waals surface area contributed by atoms with Crippen molar-refractivity contribution in [2.45, 2.75) is 19.8 Å². The fourth-order valence-electron chi connectivity index (χ4n) is 4.20. The first-order valence-electron chi connectivity index (χ1n) is 9.92. The van der Waals surface area contributed by atoms with Gasteiger partial charge >= 0.3 is 0 Å². The van der Waals surface area contributed by atoms with E-state index in [1.165, 1.54) is 4.90 Å². The van der Waals surface area contributed by atoms with Crippen molar-refractivity contribution in [1.82, 2.24) is 4.90 Å². The van der Waals surface area contributed by atoms with Gasteiger partial charge in [0.2, 0.25) is 0 Å². The third-order valence-electron chi connectivity index (χ3n) is 5.71. The van der Waals surface area contributed by atoms with E-state index in [4.69, 9.17) is 23.2 Å². The first kappa shape index (κ1) is 20.9. The number of para-hydroxylation sites is 1. The second kappa shape index (κ2) is 8.42. The number of amides is 2. The van der Waals surface area contributed by atoms with Crippen LogP contribution in [0.4, 0.5) is 5.69 Å². The number of carbonyl (C=O) groups is 2. The summed E-state index contributed by atoms with van der Waals surface area (Å²) in [6.07, 6.45) is 1.73. The molecule has 2 amide bonds. The van der Waals surface area contributed by atoms with Gasteiger partial charge in [0.05, 0.1) is 16.3 Å². The van der Waals surface area contributed by atoms with Crippen LogP contribution in [-0.2, 0) is 9.59 Å². The molecule has 2 aliphatic heterocycles. The van der Waals surface area contributed by atoms with Crippen LogP contribution in [0.15, 0.2) is 48.2 Å². The lowest BCUT2D eigenvalue weighted by molar-refractivity contribution is -0.120. The van der Waals surface area contributed by atoms with Gasteiger partial charge in [0.15, 0.2) is 0 Å². The average Bonchev–Trinajstić information content (AvgIpc) is 2.99. The normalized spacial score (nSPS) is 19.8. The van der Waals surface area contributed by atoms with Crippen molar-refractivity contribution < 1.29 is 14.7 Å². The van der Waals surface area contributed by atoms with Crippen molar-refractivity contribution >= 4 is 46.3 Å². The van der Waals surface area contributed by atoms with Gasteiger partial charge in [-0.2, -0.15) is 0 Å². The largest absolute Gasteiger partial charge is 0.396 e. The standard InChI is InChI=1S/C23H22Cl2N2O3/c1-14-5-2-3-7-19(14)27-22(29)20(17-9-8-16(24)11-18(17)25)21(23(27)30)26-10-4-6-15(12-26)13-28/h2-3,5,7-9,11,15,28H,4,6,10,12-13H2,1H3. The summed E-state index contributed by atoms with van der Waals surface area (Å²) in [5.74, 6) is -0.711. The lowest BCUT2D eigenvalue weighted by Gasteiger charge is -2.34. The number of aliphatic hydroxyl groups is 1. The number of anilines is 1. The summed E-state index contributed by atoms with van der Waals surface area (Å²) in [5.41, 5.74) is 2.49. The maximum absolute atomic E-state index is 13.6. The van der Waals surface area contributed by atoms with Gasteiger partial charge in [-0.15, -0.1) is 0 Å². The highest BCUT2D eigenvalue weighted by molar-refractivity contribution is 6.47. The lowest BCUT2D eigenvalue weighted by atomic mass is 9.97. The Morgan fingerprint density at radius 2 is 1.87 bits per heavy atom. The molecule has 1 fully saturated rings. The van der Waals surface area contributed by atoms with Gasteiger partial charge in [0, 0.05) is 30.3 Å². The Labute approximate surface area is 185 Å². The van der Waals surface area contributed by atoms with Crippen molar-refractivity contribution in [3.05, 3.63) is 69.3 Å². The van der Waals surface area contributed by atoms with E-state index in [-0.39, 0.29) is 24.0 Å². The number of piperidine rings is 1. The molecule has 2 heterocycles. The van der Waals surface area contributed by atoms with E-state index >= 15 is 0 Å². The minimum atomic E-state index is -0.403. The number of aryl methyl sites for hydroxylation is 1. The minimum absolute atomic E-state index is 0.0461. The molecule has 2 aromatic rings. The van der Waals surface area contributed by atoms with Crippen molar-refractivity contribution in [2.24, 2.45) is 5.92 Å². The number of hydrogen-bond donors (Lipinski definition) is 1. The molecule has 4 rings (SSSR count). The van der Waals surface area contributed by atoms with Crippen LogP contribution in [0, 0.1) is 12.8 Å². The smallest absolute Gasteiger partial charge is 0.282 e. The number of likely N-dealkylation sites (tertiary alicyclic amines) is 1. The molecule has 1 saturated heterocycles. The predicted octanol–water partition coefficient (Wildman–Crippen LogP) is 4.29. The molecule has 0 aliphatic carbocycles. The van der Waals surface area contributed by atoms with Crippen LogP contribution in [0.3, 0.4) is 0 Å². The molecule has 0 aromatic heterocycles. The molecule has 2 aromatic carbocycles. The molecule has 0 bridgehead atoms. The zero-order valence-electron chi connectivity index (χ0n) is 16.6. The Bertz CT molecular complexity index is 1050. The number of carbonyl (C=O) groups excluding carboxylic acids is 2. The van der Waals surface area contributed by atoms with Gasteiger partial charge in [-0.3, -0.25) is 9.59 Å². The molecule has 0 radical (unpaired) electrons. The summed E-state index contributed by atoms with van der Waals surface area (Å²) < 4.78 is 0. The summed E-state index contributed by atoms with van der Waals surface area (Å²) in [6.45, 7) is 3.07. The van der Waals surface area contributed by atoms with Crippen molar-refractivity contribution in [3.8, 4) is 0 Å². The third kappa shape index (κ3) is 3.62. The lowest BCUT2D eigenvalue weighted by Crippen LogP contribution is -2.40. The quantitative estimate of drug-likeness (QED) is 0.714. The molecule has 0 spiro atoms. The fraction of sp³-hybridized carbons (Fsp3) is 0.304. The van der Waals surface area contributed by atoms with Gasteiger partial charge in [-0.1, -0.05) is 47.5 Å². The second-order valence-electron chi connectivity index (χ2n) is 7.72. The molecule has 156 valence electrons. The predicted molar refractivity (Wildman–Crippen MR) is 118 cm³/mol. The number of imide groups is 1. The molecular weight excluding hydrogens is 423 g/mol. The number of nitrogens with zero attached hydrogens (tertiary/aromatic N) is 2. The van der Waals surface area contributed by atoms with Crippen LogP contribution in [-0.4, -0.2) is 41.5 Å².